The summed E-state index contributed by atoms with van der Waals surface area (Å²) < 4.78 is 26.8. The number of nitrogens with zero attached hydrogens (tertiary/aromatic N) is 2. The molecule has 0 aliphatic heterocycles. The molecule has 0 unspecified atom stereocenters. The molecule has 0 radical (unpaired) electrons. The van der Waals surface area contributed by atoms with Crippen molar-refractivity contribution < 1.29 is 13.2 Å². The molecule has 4 aromatic rings. The normalized spacial score (nSPS) is 11.9. The number of amides is 1. The van der Waals surface area contributed by atoms with E-state index in [2.05, 4.69) is 15.3 Å². The maximum absolute atomic E-state index is 12.9. The van der Waals surface area contributed by atoms with Gasteiger partial charge in [0.05, 0.1) is 26.5 Å². The molecule has 3 aromatic carbocycles. The molecule has 7 nitrogen and oxygen atoms in total. The third kappa shape index (κ3) is 4.64. The predicted molar refractivity (Wildman–Crippen MR) is 131 cm³/mol. The highest BCUT2D eigenvalue weighted by Crippen LogP contribution is 2.26. The molecule has 170 valence electrons. The van der Waals surface area contributed by atoms with Crippen LogP contribution in [0.4, 0.5) is 5.69 Å². The van der Waals surface area contributed by atoms with Crippen LogP contribution in [-0.4, -0.2) is 41.7 Å². The summed E-state index contributed by atoms with van der Waals surface area (Å²) in [4.78, 5) is 20.7. The first-order valence-corrected chi connectivity index (χ1v) is 12.1. The molecule has 0 saturated carbocycles. The zero-order chi connectivity index (χ0) is 23.8. The third-order valence-electron chi connectivity index (χ3n) is 5.39. The van der Waals surface area contributed by atoms with E-state index in [9.17, 15) is 13.2 Å². The quantitative estimate of drug-likeness (QED) is 0.396. The van der Waals surface area contributed by atoms with Crippen LogP contribution >= 0.6 is 11.6 Å². The summed E-state index contributed by atoms with van der Waals surface area (Å²) in [7, 11) is -2.25. The fourth-order valence-electron chi connectivity index (χ4n) is 3.28. The van der Waals surface area contributed by atoms with Crippen LogP contribution in [0.2, 0.25) is 5.02 Å². The van der Waals surface area contributed by atoms with Gasteiger partial charge in [-0.1, -0.05) is 23.7 Å². The Morgan fingerprint density at radius 1 is 1.06 bits per heavy atom. The van der Waals surface area contributed by atoms with Gasteiger partial charge in [-0.3, -0.25) is 4.79 Å². The van der Waals surface area contributed by atoms with E-state index in [4.69, 9.17) is 11.6 Å². The van der Waals surface area contributed by atoms with Gasteiger partial charge in [-0.15, -0.1) is 0 Å². The standard InChI is InChI=1S/C24H23ClN4O3S/c1-15(2)29(3)33(31,32)18-12-13-20(25)19(14-18)24(30)26-17-10-8-16(9-11-17)23-27-21-6-4-5-7-22(21)28-23/h4-15H,1-3H3,(H,26,30)(H,27,28). The van der Waals surface area contributed by atoms with Crippen LogP contribution in [0, 0.1) is 0 Å². The molecular weight excluding hydrogens is 460 g/mol. The van der Waals surface area contributed by atoms with E-state index >= 15 is 0 Å². The van der Waals surface area contributed by atoms with Crippen LogP contribution in [0.3, 0.4) is 0 Å². The average molecular weight is 483 g/mol. The van der Waals surface area contributed by atoms with Gasteiger partial charge in [0.15, 0.2) is 0 Å². The number of aromatic amines is 1. The second-order valence-corrected chi connectivity index (χ2v) is 10.3. The number of carbonyl (C=O) groups is 1. The largest absolute Gasteiger partial charge is 0.338 e. The number of carbonyl (C=O) groups excluding carboxylic acids is 1. The minimum absolute atomic E-state index is 0.00786. The van der Waals surface area contributed by atoms with Crippen LogP contribution in [0.15, 0.2) is 71.6 Å². The molecule has 1 amide bonds. The highest BCUT2D eigenvalue weighted by atomic mass is 35.5. The first-order chi connectivity index (χ1) is 15.7. The summed E-state index contributed by atoms with van der Waals surface area (Å²) in [6.45, 7) is 3.55. The van der Waals surface area contributed by atoms with E-state index in [-0.39, 0.29) is 21.5 Å². The maximum atomic E-state index is 12.9. The Labute approximate surface area is 197 Å². The number of H-pyrrole nitrogens is 1. The van der Waals surface area contributed by atoms with Crippen molar-refractivity contribution in [3.8, 4) is 11.4 Å². The fraction of sp³-hybridized carbons (Fsp3) is 0.167. The van der Waals surface area contributed by atoms with E-state index in [1.54, 1.807) is 26.0 Å². The number of anilines is 1. The zero-order valence-corrected chi connectivity index (χ0v) is 19.9. The van der Waals surface area contributed by atoms with Crippen molar-refractivity contribution in [3.05, 3.63) is 77.3 Å². The summed E-state index contributed by atoms with van der Waals surface area (Å²) in [6, 6.07) is 18.8. The van der Waals surface area contributed by atoms with E-state index in [0.717, 1.165) is 22.4 Å². The number of imidazole rings is 1. The number of aromatic nitrogens is 2. The molecule has 0 atom stereocenters. The number of benzene rings is 3. The summed E-state index contributed by atoms with van der Waals surface area (Å²) >= 11 is 6.21. The molecule has 0 bridgehead atoms. The Morgan fingerprint density at radius 3 is 2.42 bits per heavy atom. The van der Waals surface area contributed by atoms with Crippen LogP contribution < -0.4 is 5.32 Å². The Hall–Kier alpha value is -3.20. The lowest BCUT2D eigenvalue weighted by Gasteiger charge is -2.21. The SMILES string of the molecule is CC(C)N(C)S(=O)(=O)c1ccc(Cl)c(C(=O)Nc2ccc(-c3nc4ccccc4[nH]3)cc2)c1. The van der Waals surface area contributed by atoms with Gasteiger partial charge in [0.1, 0.15) is 5.82 Å². The van der Waals surface area contributed by atoms with Crippen molar-refractivity contribution in [2.75, 3.05) is 12.4 Å². The Bertz CT molecular complexity index is 1400. The van der Waals surface area contributed by atoms with Crippen molar-refractivity contribution in [1.29, 1.82) is 0 Å². The van der Waals surface area contributed by atoms with Crippen molar-refractivity contribution in [2.45, 2.75) is 24.8 Å². The van der Waals surface area contributed by atoms with Crippen LogP contribution in [-0.2, 0) is 10.0 Å². The highest BCUT2D eigenvalue weighted by molar-refractivity contribution is 7.89. The number of fused-ring (bicyclic) bond motifs is 1. The molecule has 1 aromatic heterocycles. The fourth-order valence-corrected chi connectivity index (χ4v) is 4.88. The minimum Gasteiger partial charge on any atom is -0.338 e. The molecule has 0 spiro atoms. The molecule has 9 heteroatoms. The number of sulfonamides is 1. The molecule has 2 N–H and O–H groups in total. The van der Waals surface area contributed by atoms with Gasteiger partial charge in [0.2, 0.25) is 10.0 Å². The smallest absolute Gasteiger partial charge is 0.257 e. The first kappa shape index (κ1) is 23.0. The summed E-state index contributed by atoms with van der Waals surface area (Å²) in [5.41, 5.74) is 3.31. The van der Waals surface area contributed by atoms with Crippen LogP contribution in [0.5, 0.6) is 0 Å². The van der Waals surface area contributed by atoms with Crippen molar-refractivity contribution in [1.82, 2.24) is 14.3 Å². The summed E-state index contributed by atoms with van der Waals surface area (Å²) in [5.74, 6) is 0.227. The monoisotopic (exact) mass is 482 g/mol. The molecule has 4 rings (SSSR count). The molecular formula is C24H23ClN4O3S. The van der Waals surface area contributed by atoms with Crippen LogP contribution in [0.1, 0.15) is 24.2 Å². The molecule has 0 fully saturated rings. The minimum atomic E-state index is -3.75. The van der Waals surface area contributed by atoms with Gasteiger partial charge in [-0.25, -0.2) is 13.4 Å². The van der Waals surface area contributed by atoms with Gasteiger partial charge in [0.25, 0.3) is 5.91 Å². The predicted octanol–water partition coefficient (Wildman–Crippen LogP) is 5.16. The summed E-state index contributed by atoms with van der Waals surface area (Å²) in [6.07, 6.45) is 0. The maximum Gasteiger partial charge on any atom is 0.257 e. The first-order valence-electron chi connectivity index (χ1n) is 10.3. The number of hydrogen-bond acceptors (Lipinski definition) is 4. The molecule has 0 aliphatic carbocycles. The number of hydrogen-bond donors (Lipinski definition) is 2. The highest BCUT2D eigenvalue weighted by Gasteiger charge is 2.25. The van der Waals surface area contributed by atoms with E-state index < -0.39 is 15.9 Å². The zero-order valence-electron chi connectivity index (χ0n) is 18.3. The second kappa shape index (κ2) is 8.97. The Morgan fingerprint density at radius 2 is 1.76 bits per heavy atom. The van der Waals surface area contributed by atoms with Gasteiger partial charge in [-0.05, 0) is 68.4 Å². The average Bonchev–Trinajstić information content (AvgIpc) is 3.23. The van der Waals surface area contributed by atoms with Crippen molar-refractivity contribution in [3.63, 3.8) is 0 Å². The van der Waals surface area contributed by atoms with E-state index in [1.165, 1.54) is 29.6 Å². The molecule has 1 heterocycles. The van der Waals surface area contributed by atoms with E-state index in [1.807, 2.05) is 36.4 Å². The summed E-state index contributed by atoms with van der Waals surface area (Å²) in [5, 5.41) is 2.94. The van der Waals surface area contributed by atoms with Crippen molar-refractivity contribution >= 4 is 44.3 Å². The van der Waals surface area contributed by atoms with Gasteiger partial charge in [0, 0.05) is 24.3 Å². The van der Waals surface area contributed by atoms with Crippen LogP contribution in [0.25, 0.3) is 22.4 Å². The topological polar surface area (TPSA) is 95.2 Å². The molecule has 33 heavy (non-hydrogen) atoms. The number of halogens is 1. The lowest BCUT2D eigenvalue weighted by molar-refractivity contribution is 0.102. The Kier molecular flexibility index (Phi) is 6.25. The van der Waals surface area contributed by atoms with Gasteiger partial charge >= 0.3 is 0 Å². The van der Waals surface area contributed by atoms with E-state index in [0.29, 0.717) is 5.69 Å². The third-order valence-corrected chi connectivity index (χ3v) is 7.75. The van der Waals surface area contributed by atoms with Gasteiger partial charge < -0.3 is 10.3 Å². The lowest BCUT2D eigenvalue weighted by Crippen LogP contribution is -2.33. The molecule has 0 saturated heterocycles. The van der Waals surface area contributed by atoms with Gasteiger partial charge in [-0.2, -0.15) is 4.31 Å². The number of nitrogens with one attached hydrogen (secondary N) is 2. The number of rotatable bonds is 6. The Balaban J connectivity index is 1.56. The molecule has 0 aliphatic rings. The van der Waals surface area contributed by atoms with Crippen molar-refractivity contribution in [2.24, 2.45) is 0 Å². The lowest BCUT2D eigenvalue weighted by atomic mass is 10.1. The second-order valence-electron chi connectivity index (χ2n) is 7.89. The number of para-hydroxylation sites is 2.